The third-order valence-corrected chi connectivity index (χ3v) is 6.97. The van der Waals surface area contributed by atoms with Crippen LogP contribution in [0.5, 0.6) is 0 Å². The maximum atomic E-state index is 12.8. The van der Waals surface area contributed by atoms with Crippen LogP contribution in [0.2, 0.25) is 0 Å². The zero-order valence-electron chi connectivity index (χ0n) is 16.8. The number of carbonyl (C=O) groups excluding carboxylic acids is 1. The maximum Gasteiger partial charge on any atom is 0.241 e. The Morgan fingerprint density at radius 1 is 1.25 bits per heavy atom. The minimum atomic E-state index is -3.76. The van der Waals surface area contributed by atoms with Gasteiger partial charge in [-0.15, -0.1) is 0 Å². The molecule has 2 N–H and O–H groups in total. The van der Waals surface area contributed by atoms with E-state index in [1.807, 2.05) is 6.26 Å². The van der Waals surface area contributed by atoms with E-state index < -0.39 is 16.1 Å². The van der Waals surface area contributed by atoms with Crippen molar-refractivity contribution in [3.63, 3.8) is 0 Å². The molecule has 9 heteroatoms. The summed E-state index contributed by atoms with van der Waals surface area (Å²) in [7, 11) is -3.76. The second kappa shape index (κ2) is 10.6. The molecule has 0 aliphatic carbocycles. The van der Waals surface area contributed by atoms with Crippen LogP contribution in [0.3, 0.4) is 0 Å². The molecule has 1 aliphatic heterocycles. The first-order valence-electron chi connectivity index (χ1n) is 9.43. The number of ether oxygens (including phenoxy) is 1. The fourth-order valence-corrected chi connectivity index (χ4v) is 4.76. The van der Waals surface area contributed by atoms with E-state index in [0.717, 1.165) is 13.1 Å². The van der Waals surface area contributed by atoms with E-state index in [4.69, 9.17) is 4.74 Å². The Morgan fingerprint density at radius 3 is 2.50 bits per heavy atom. The second-order valence-electron chi connectivity index (χ2n) is 7.40. The number of nitrogens with zero attached hydrogens (tertiary/aromatic N) is 1. The van der Waals surface area contributed by atoms with Gasteiger partial charge in [0.05, 0.1) is 18.1 Å². The Hall–Kier alpha value is -1.13. The van der Waals surface area contributed by atoms with Crippen molar-refractivity contribution in [2.24, 2.45) is 0 Å². The molecule has 1 amide bonds. The molecule has 0 aromatic heterocycles. The molecule has 0 radical (unpaired) electrons. The number of rotatable bonds is 10. The Labute approximate surface area is 172 Å². The van der Waals surface area contributed by atoms with Crippen LogP contribution < -0.4 is 10.0 Å². The summed E-state index contributed by atoms with van der Waals surface area (Å²) >= 11 is 1.58. The maximum absolute atomic E-state index is 12.8. The van der Waals surface area contributed by atoms with Crippen LogP contribution >= 0.6 is 11.8 Å². The summed E-state index contributed by atoms with van der Waals surface area (Å²) in [6.07, 6.45) is 2.36. The number of benzene rings is 1. The lowest BCUT2D eigenvalue weighted by Gasteiger charge is -2.41. The summed E-state index contributed by atoms with van der Waals surface area (Å²) in [6, 6.07) is 7.32. The first kappa shape index (κ1) is 23.2. The fraction of sp³-hybridized carbons (Fsp3) is 0.632. The van der Waals surface area contributed by atoms with E-state index in [9.17, 15) is 13.2 Å². The average Bonchev–Trinajstić information content (AvgIpc) is 2.70. The van der Waals surface area contributed by atoms with Crippen LogP contribution in [0.15, 0.2) is 35.2 Å². The van der Waals surface area contributed by atoms with Crippen LogP contribution in [-0.4, -0.2) is 75.7 Å². The smallest absolute Gasteiger partial charge is 0.241 e. The predicted molar refractivity (Wildman–Crippen MR) is 113 cm³/mol. The zero-order valence-corrected chi connectivity index (χ0v) is 18.4. The molecule has 1 saturated heterocycles. The SMILES string of the molecule is CSCCC(NS(=O)(=O)c1ccccc1)C(=O)NCC(C)(C)N1CCOCC1. The lowest BCUT2D eigenvalue weighted by molar-refractivity contribution is -0.123. The number of morpholine rings is 1. The van der Waals surface area contributed by atoms with Crippen molar-refractivity contribution >= 4 is 27.7 Å². The minimum absolute atomic E-state index is 0.158. The van der Waals surface area contributed by atoms with Gasteiger partial charge >= 0.3 is 0 Å². The van der Waals surface area contributed by atoms with Gasteiger partial charge in [0.2, 0.25) is 15.9 Å². The van der Waals surface area contributed by atoms with Gasteiger partial charge in [0.1, 0.15) is 6.04 Å². The number of hydrogen-bond donors (Lipinski definition) is 2. The first-order chi connectivity index (χ1) is 13.3. The molecule has 0 bridgehead atoms. The summed E-state index contributed by atoms with van der Waals surface area (Å²) < 4.78 is 33.2. The van der Waals surface area contributed by atoms with E-state index in [0.29, 0.717) is 31.9 Å². The number of thioether (sulfide) groups is 1. The number of sulfonamides is 1. The van der Waals surface area contributed by atoms with Gasteiger partial charge in [0, 0.05) is 25.2 Å². The van der Waals surface area contributed by atoms with Gasteiger partial charge in [-0.3, -0.25) is 9.69 Å². The van der Waals surface area contributed by atoms with Gasteiger partial charge in [-0.2, -0.15) is 16.5 Å². The molecule has 1 fully saturated rings. The van der Waals surface area contributed by atoms with Gasteiger partial charge < -0.3 is 10.1 Å². The van der Waals surface area contributed by atoms with Crippen molar-refractivity contribution in [3.05, 3.63) is 30.3 Å². The monoisotopic (exact) mass is 429 g/mol. The van der Waals surface area contributed by atoms with Crippen molar-refractivity contribution in [1.29, 1.82) is 0 Å². The molecule has 1 unspecified atom stereocenters. The minimum Gasteiger partial charge on any atom is -0.379 e. The van der Waals surface area contributed by atoms with Crippen molar-refractivity contribution in [2.45, 2.75) is 36.7 Å². The fourth-order valence-electron chi connectivity index (χ4n) is 3.04. The number of amides is 1. The Kier molecular flexibility index (Phi) is 8.76. The topological polar surface area (TPSA) is 87.7 Å². The summed E-state index contributed by atoms with van der Waals surface area (Å²) in [4.78, 5) is 15.2. The first-order valence-corrected chi connectivity index (χ1v) is 12.3. The van der Waals surface area contributed by atoms with E-state index in [1.165, 1.54) is 12.1 Å². The average molecular weight is 430 g/mol. The highest BCUT2D eigenvalue weighted by Gasteiger charge is 2.31. The summed E-state index contributed by atoms with van der Waals surface area (Å²) in [6.45, 7) is 7.59. The van der Waals surface area contributed by atoms with Crippen LogP contribution in [0.4, 0.5) is 0 Å². The van der Waals surface area contributed by atoms with E-state index in [2.05, 4.69) is 28.8 Å². The predicted octanol–water partition coefficient (Wildman–Crippen LogP) is 1.31. The molecular weight excluding hydrogens is 398 g/mol. The highest BCUT2D eigenvalue weighted by atomic mass is 32.2. The molecule has 2 rings (SSSR count). The zero-order chi connectivity index (χ0) is 20.6. The molecule has 1 atom stereocenters. The van der Waals surface area contributed by atoms with E-state index in [1.54, 1.807) is 30.0 Å². The van der Waals surface area contributed by atoms with Crippen LogP contribution in [0.1, 0.15) is 20.3 Å². The van der Waals surface area contributed by atoms with Gasteiger partial charge in [-0.25, -0.2) is 8.42 Å². The third kappa shape index (κ3) is 6.73. The second-order valence-corrected chi connectivity index (χ2v) is 10.1. The van der Waals surface area contributed by atoms with Crippen LogP contribution in [0, 0.1) is 0 Å². The standard InChI is InChI=1S/C19H31N3O4S2/c1-19(2,22-10-12-26-13-11-22)15-20-18(23)17(9-14-27-3)21-28(24,25)16-7-5-4-6-8-16/h4-8,17,21H,9-15H2,1-3H3,(H,20,23). The molecule has 0 saturated carbocycles. The molecule has 158 valence electrons. The van der Waals surface area contributed by atoms with Gasteiger partial charge in [0.25, 0.3) is 0 Å². The highest BCUT2D eigenvalue weighted by molar-refractivity contribution is 7.98. The van der Waals surface area contributed by atoms with E-state index in [-0.39, 0.29) is 16.3 Å². The number of nitrogens with one attached hydrogen (secondary N) is 2. The Bertz CT molecular complexity index is 720. The van der Waals surface area contributed by atoms with Gasteiger partial charge in [0.15, 0.2) is 0 Å². The number of hydrogen-bond acceptors (Lipinski definition) is 6. The van der Waals surface area contributed by atoms with Crippen molar-refractivity contribution < 1.29 is 17.9 Å². The molecule has 1 aromatic carbocycles. The Morgan fingerprint density at radius 2 is 1.89 bits per heavy atom. The largest absolute Gasteiger partial charge is 0.379 e. The summed E-state index contributed by atoms with van der Waals surface area (Å²) in [5.41, 5.74) is -0.234. The molecule has 1 aliphatic rings. The van der Waals surface area contributed by atoms with Gasteiger partial charge in [-0.1, -0.05) is 18.2 Å². The molecule has 1 aromatic rings. The van der Waals surface area contributed by atoms with Crippen LogP contribution in [-0.2, 0) is 19.6 Å². The normalized spacial score (nSPS) is 17.2. The number of carbonyl (C=O) groups is 1. The van der Waals surface area contributed by atoms with Crippen molar-refractivity contribution in [2.75, 3.05) is 44.9 Å². The molecule has 28 heavy (non-hydrogen) atoms. The molecule has 7 nitrogen and oxygen atoms in total. The Balaban J connectivity index is 2.02. The van der Waals surface area contributed by atoms with Crippen molar-refractivity contribution in [1.82, 2.24) is 14.9 Å². The summed E-state index contributed by atoms with van der Waals surface area (Å²) in [5.74, 6) is 0.386. The van der Waals surface area contributed by atoms with Crippen molar-refractivity contribution in [3.8, 4) is 0 Å². The lowest BCUT2D eigenvalue weighted by Crippen LogP contribution is -2.57. The van der Waals surface area contributed by atoms with Gasteiger partial charge in [-0.05, 0) is 44.4 Å². The molecule has 1 heterocycles. The third-order valence-electron chi connectivity index (χ3n) is 4.84. The quantitative estimate of drug-likeness (QED) is 0.583. The highest BCUT2D eigenvalue weighted by Crippen LogP contribution is 2.16. The molecular formula is C19H31N3O4S2. The van der Waals surface area contributed by atoms with Crippen LogP contribution in [0.25, 0.3) is 0 Å². The van der Waals surface area contributed by atoms with E-state index >= 15 is 0 Å². The lowest BCUT2D eigenvalue weighted by atomic mass is 10.0. The summed E-state index contributed by atoms with van der Waals surface area (Å²) in [5, 5.41) is 2.95. The molecule has 0 spiro atoms.